The van der Waals surface area contributed by atoms with E-state index in [9.17, 15) is 4.79 Å². The second-order valence-corrected chi connectivity index (χ2v) is 6.98. The SMILES string of the molecule is CC(C)(C)n1c(=O)c2c(-c3ccccc3)ncn2c2ccccc21. The molecule has 0 saturated carbocycles. The van der Waals surface area contributed by atoms with Gasteiger partial charge in [-0.05, 0) is 32.9 Å². The van der Waals surface area contributed by atoms with Crippen molar-refractivity contribution in [2.75, 3.05) is 0 Å². The summed E-state index contributed by atoms with van der Waals surface area (Å²) in [5.74, 6) is 0. The summed E-state index contributed by atoms with van der Waals surface area (Å²) in [6.07, 6.45) is 1.74. The summed E-state index contributed by atoms with van der Waals surface area (Å²) in [4.78, 5) is 17.9. The minimum atomic E-state index is -0.323. The number of nitrogens with zero attached hydrogens (tertiary/aromatic N) is 3. The zero-order valence-electron chi connectivity index (χ0n) is 14.0. The van der Waals surface area contributed by atoms with Crippen molar-refractivity contribution in [2.45, 2.75) is 26.3 Å². The molecule has 0 saturated heterocycles. The number of para-hydroxylation sites is 2. The third-order valence-electron chi connectivity index (χ3n) is 4.27. The van der Waals surface area contributed by atoms with Gasteiger partial charge in [0.15, 0.2) is 0 Å². The first-order valence-corrected chi connectivity index (χ1v) is 8.05. The van der Waals surface area contributed by atoms with Gasteiger partial charge in [0.25, 0.3) is 5.56 Å². The Labute approximate surface area is 140 Å². The smallest absolute Gasteiger partial charge is 0.278 e. The van der Waals surface area contributed by atoms with Crippen LogP contribution in [0.2, 0.25) is 0 Å². The fraction of sp³-hybridized carbons (Fsp3) is 0.200. The van der Waals surface area contributed by atoms with Crippen LogP contribution in [-0.4, -0.2) is 14.0 Å². The van der Waals surface area contributed by atoms with Crippen LogP contribution in [0.4, 0.5) is 0 Å². The Kier molecular flexibility index (Phi) is 3.10. The lowest BCUT2D eigenvalue weighted by Gasteiger charge is -2.25. The molecule has 0 aliphatic rings. The van der Waals surface area contributed by atoms with Crippen molar-refractivity contribution in [3.8, 4) is 11.3 Å². The van der Waals surface area contributed by atoms with Gasteiger partial charge in [-0.25, -0.2) is 4.98 Å². The predicted octanol–water partition coefficient (Wildman–Crippen LogP) is 4.07. The normalized spacial score (nSPS) is 12.1. The van der Waals surface area contributed by atoms with Crippen LogP contribution in [0.5, 0.6) is 0 Å². The quantitative estimate of drug-likeness (QED) is 0.531. The van der Waals surface area contributed by atoms with Gasteiger partial charge in [-0.1, -0.05) is 42.5 Å². The van der Waals surface area contributed by atoms with Crippen molar-refractivity contribution in [3.05, 3.63) is 71.3 Å². The van der Waals surface area contributed by atoms with E-state index in [0.717, 1.165) is 22.3 Å². The zero-order valence-corrected chi connectivity index (χ0v) is 14.0. The first-order valence-electron chi connectivity index (χ1n) is 8.05. The van der Waals surface area contributed by atoms with Crippen LogP contribution in [0.25, 0.3) is 27.8 Å². The van der Waals surface area contributed by atoms with Crippen molar-refractivity contribution in [1.29, 1.82) is 0 Å². The Hall–Kier alpha value is -2.88. The van der Waals surface area contributed by atoms with E-state index in [1.807, 2.05) is 63.6 Å². The second kappa shape index (κ2) is 5.06. The van der Waals surface area contributed by atoms with Crippen molar-refractivity contribution in [2.24, 2.45) is 0 Å². The topological polar surface area (TPSA) is 39.3 Å². The zero-order chi connectivity index (χ0) is 16.9. The summed E-state index contributed by atoms with van der Waals surface area (Å²) >= 11 is 0. The molecular formula is C20H19N3O. The van der Waals surface area contributed by atoms with Crippen LogP contribution in [0, 0.1) is 0 Å². The second-order valence-electron chi connectivity index (χ2n) is 6.98. The molecule has 0 radical (unpaired) electrons. The molecule has 0 aliphatic carbocycles. The van der Waals surface area contributed by atoms with Crippen molar-refractivity contribution < 1.29 is 0 Å². The Balaban J connectivity index is 2.23. The van der Waals surface area contributed by atoms with Crippen LogP contribution in [-0.2, 0) is 5.54 Å². The van der Waals surface area contributed by atoms with Crippen LogP contribution < -0.4 is 5.56 Å². The van der Waals surface area contributed by atoms with E-state index in [2.05, 4.69) is 25.8 Å². The van der Waals surface area contributed by atoms with Crippen LogP contribution in [0.3, 0.4) is 0 Å². The average molecular weight is 317 g/mol. The van der Waals surface area contributed by atoms with Gasteiger partial charge >= 0.3 is 0 Å². The van der Waals surface area contributed by atoms with Gasteiger partial charge in [-0.2, -0.15) is 0 Å². The highest BCUT2D eigenvalue weighted by Crippen LogP contribution is 2.26. The van der Waals surface area contributed by atoms with E-state index in [1.54, 1.807) is 6.33 Å². The standard InChI is InChI=1S/C20H19N3O/c1-20(2,3)23-16-12-8-7-11-15(16)22-13-21-17(18(22)19(23)24)14-9-5-4-6-10-14/h4-13H,1-3H3. The van der Waals surface area contributed by atoms with Crippen LogP contribution in [0.15, 0.2) is 65.7 Å². The molecule has 0 aliphatic heterocycles. The fourth-order valence-corrected chi connectivity index (χ4v) is 3.28. The predicted molar refractivity (Wildman–Crippen MR) is 97.4 cm³/mol. The summed E-state index contributed by atoms with van der Waals surface area (Å²) in [6, 6.07) is 17.8. The summed E-state index contributed by atoms with van der Waals surface area (Å²) < 4.78 is 3.77. The van der Waals surface area contributed by atoms with E-state index in [-0.39, 0.29) is 11.1 Å². The van der Waals surface area contributed by atoms with Crippen LogP contribution in [0.1, 0.15) is 20.8 Å². The Bertz CT molecular complexity index is 1100. The maximum atomic E-state index is 13.3. The summed E-state index contributed by atoms with van der Waals surface area (Å²) in [5.41, 5.74) is 3.86. The largest absolute Gasteiger partial charge is 0.300 e. The molecule has 24 heavy (non-hydrogen) atoms. The van der Waals surface area contributed by atoms with E-state index < -0.39 is 0 Å². The minimum absolute atomic E-state index is 0.0162. The molecule has 2 aromatic carbocycles. The molecule has 4 aromatic rings. The molecular weight excluding hydrogens is 298 g/mol. The van der Waals surface area contributed by atoms with Crippen LogP contribution >= 0.6 is 0 Å². The molecule has 0 N–H and O–H groups in total. The molecule has 4 heteroatoms. The van der Waals surface area contributed by atoms with Crippen molar-refractivity contribution >= 4 is 16.6 Å². The monoisotopic (exact) mass is 317 g/mol. The lowest BCUT2D eigenvalue weighted by molar-refractivity contribution is 0.399. The highest BCUT2D eigenvalue weighted by atomic mass is 16.1. The molecule has 0 atom stereocenters. The van der Waals surface area contributed by atoms with Gasteiger partial charge in [0.05, 0.1) is 11.0 Å². The van der Waals surface area contributed by atoms with E-state index >= 15 is 0 Å². The van der Waals surface area contributed by atoms with Gasteiger partial charge in [0.1, 0.15) is 17.5 Å². The fourth-order valence-electron chi connectivity index (χ4n) is 3.28. The Morgan fingerprint density at radius 2 is 1.50 bits per heavy atom. The molecule has 0 bridgehead atoms. The molecule has 4 nitrogen and oxygen atoms in total. The van der Waals surface area contributed by atoms with Crippen molar-refractivity contribution in [1.82, 2.24) is 14.0 Å². The molecule has 0 fully saturated rings. The molecule has 120 valence electrons. The lowest BCUT2D eigenvalue weighted by atomic mass is 10.1. The van der Waals surface area contributed by atoms with Crippen molar-refractivity contribution in [3.63, 3.8) is 0 Å². The summed E-state index contributed by atoms with van der Waals surface area (Å²) in [6.45, 7) is 6.15. The number of benzene rings is 2. The maximum Gasteiger partial charge on any atom is 0.278 e. The first-order chi connectivity index (χ1) is 11.5. The third kappa shape index (κ3) is 2.07. The van der Waals surface area contributed by atoms with Gasteiger partial charge in [0.2, 0.25) is 0 Å². The molecule has 4 rings (SSSR count). The number of imidazole rings is 1. The molecule has 0 amide bonds. The lowest BCUT2D eigenvalue weighted by Crippen LogP contribution is -2.35. The van der Waals surface area contributed by atoms with Gasteiger partial charge in [-0.15, -0.1) is 0 Å². The van der Waals surface area contributed by atoms with E-state index in [1.165, 1.54) is 0 Å². The number of hydrogen-bond donors (Lipinski definition) is 0. The molecule has 0 spiro atoms. The van der Waals surface area contributed by atoms with E-state index in [0.29, 0.717) is 5.52 Å². The number of fused-ring (bicyclic) bond motifs is 3. The number of aromatic nitrogens is 3. The van der Waals surface area contributed by atoms with Gasteiger partial charge in [0, 0.05) is 11.1 Å². The molecule has 2 aromatic heterocycles. The highest BCUT2D eigenvalue weighted by Gasteiger charge is 2.22. The Morgan fingerprint density at radius 1 is 0.875 bits per heavy atom. The third-order valence-corrected chi connectivity index (χ3v) is 4.27. The first kappa shape index (κ1) is 14.7. The molecule has 2 heterocycles. The van der Waals surface area contributed by atoms with Gasteiger partial charge < -0.3 is 0 Å². The maximum absolute atomic E-state index is 13.3. The highest BCUT2D eigenvalue weighted by molar-refractivity contribution is 5.85. The minimum Gasteiger partial charge on any atom is -0.300 e. The van der Waals surface area contributed by atoms with E-state index in [4.69, 9.17) is 0 Å². The number of hydrogen-bond acceptors (Lipinski definition) is 2. The molecule has 0 unspecified atom stereocenters. The van der Waals surface area contributed by atoms with Gasteiger partial charge in [-0.3, -0.25) is 13.8 Å². The Morgan fingerprint density at radius 3 is 2.17 bits per heavy atom. The summed E-state index contributed by atoms with van der Waals surface area (Å²) in [7, 11) is 0. The summed E-state index contributed by atoms with van der Waals surface area (Å²) in [5, 5.41) is 0. The number of rotatable bonds is 1. The average Bonchev–Trinajstić information content (AvgIpc) is 3.00.